The maximum Gasteiger partial charge on any atom is 0.237 e. The van der Waals surface area contributed by atoms with Crippen LogP contribution in [0, 0.1) is 0 Å². The second-order valence-corrected chi connectivity index (χ2v) is 8.71. The van der Waals surface area contributed by atoms with E-state index in [0.717, 1.165) is 26.8 Å². The summed E-state index contributed by atoms with van der Waals surface area (Å²) in [6, 6.07) is 13.4. The molecule has 3 aromatic rings. The van der Waals surface area contributed by atoms with E-state index in [1.165, 1.54) is 11.8 Å². The minimum atomic E-state index is -0.316. The predicted octanol–water partition coefficient (Wildman–Crippen LogP) is 5.18. The molecule has 5 nitrogen and oxygen atoms in total. The number of thioether (sulfide) groups is 2. The van der Waals surface area contributed by atoms with Crippen molar-refractivity contribution in [3.05, 3.63) is 47.5 Å². The number of nitrogens with zero attached hydrogens (tertiary/aromatic N) is 2. The number of benzene rings is 2. The Hall–Kier alpha value is -1.67. The van der Waals surface area contributed by atoms with Crippen molar-refractivity contribution in [1.82, 2.24) is 9.55 Å². The van der Waals surface area contributed by atoms with Gasteiger partial charge in [0.15, 0.2) is 5.16 Å². The standard InChI is InChI=1S/C20H22ClN3O2S2/c1-13(19(25)22-15-6-4-5-7-18(15)27-3)28-20-23-16-12-14(21)8-9-17(16)24(20)10-11-26-2/h4-9,12-13H,10-11H2,1-3H3,(H,22,25). The molecule has 0 aliphatic carbocycles. The second-order valence-electron chi connectivity index (χ2n) is 6.12. The summed E-state index contributed by atoms with van der Waals surface area (Å²) in [5, 5.41) is 4.12. The van der Waals surface area contributed by atoms with Crippen LogP contribution in [0.1, 0.15) is 6.92 Å². The quantitative estimate of drug-likeness (QED) is 0.494. The summed E-state index contributed by atoms with van der Waals surface area (Å²) in [6.45, 7) is 3.10. The minimum Gasteiger partial charge on any atom is -0.383 e. The van der Waals surface area contributed by atoms with Crippen LogP contribution in [0.15, 0.2) is 52.5 Å². The topological polar surface area (TPSA) is 56.1 Å². The third kappa shape index (κ3) is 4.84. The highest BCUT2D eigenvalue weighted by atomic mass is 35.5. The number of aromatic nitrogens is 2. The Bertz CT molecular complexity index is 977. The smallest absolute Gasteiger partial charge is 0.237 e. The maximum atomic E-state index is 12.8. The number of fused-ring (bicyclic) bond motifs is 1. The van der Waals surface area contributed by atoms with Gasteiger partial charge in [-0.05, 0) is 43.5 Å². The van der Waals surface area contributed by atoms with E-state index < -0.39 is 0 Å². The Labute approximate surface area is 178 Å². The molecule has 0 fully saturated rings. The summed E-state index contributed by atoms with van der Waals surface area (Å²) >= 11 is 9.14. The molecule has 0 aliphatic heterocycles. The Kier molecular flexibility index (Phi) is 7.29. The van der Waals surface area contributed by atoms with E-state index in [1.54, 1.807) is 18.9 Å². The number of anilines is 1. The number of nitrogens with one attached hydrogen (secondary N) is 1. The molecular weight excluding hydrogens is 414 g/mol. The molecule has 0 aliphatic rings. The molecule has 148 valence electrons. The fourth-order valence-corrected chi connectivity index (χ4v) is 4.43. The minimum absolute atomic E-state index is 0.0603. The molecule has 0 saturated carbocycles. The predicted molar refractivity (Wildman–Crippen MR) is 119 cm³/mol. The molecule has 0 saturated heterocycles. The van der Waals surface area contributed by atoms with E-state index in [2.05, 4.69) is 9.88 Å². The molecule has 0 radical (unpaired) electrons. The molecule has 1 unspecified atom stereocenters. The van der Waals surface area contributed by atoms with Crippen LogP contribution in [-0.2, 0) is 16.1 Å². The second kappa shape index (κ2) is 9.69. The van der Waals surface area contributed by atoms with Gasteiger partial charge in [-0.2, -0.15) is 0 Å². The van der Waals surface area contributed by atoms with Crippen molar-refractivity contribution >= 4 is 57.8 Å². The molecular formula is C20H22ClN3O2S2. The highest BCUT2D eigenvalue weighted by Gasteiger charge is 2.20. The number of carbonyl (C=O) groups excluding carboxylic acids is 1. The summed E-state index contributed by atoms with van der Waals surface area (Å²) < 4.78 is 7.30. The van der Waals surface area contributed by atoms with Crippen LogP contribution >= 0.6 is 35.1 Å². The molecule has 1 amide bonds. The fourth-order valence-electron chi connectivity index (χ4n) is 2.76. The molecule has 0 bridgehead atoms. The van der Waals surface area contributed by atoms with Crippen LogP contribution < -0.4 is 5.32 Å². The van der Waals surface area contributed by atoms with Crippen molar-refractivity contribution in [3.8, 4) is 0 Å². The number of imidazole rings is 1. The number of halogens is 1. The molecule has 2 aromatic carbocycles. The van der Waals surface area contributed by atoms with Gasteiger partial charge in [0.25, 0.3) is 0 Å². The molecule has 1 atom stereocenters. The van der Waals surface area contributed by atoms with Crippen molar-refractivity contribution in [1.29, 1.82) is 0 Å². The van der Waals surface area contributed by atoms with Crippen molar-refractivity contribution in [2.75, 3.05) is 25.3 Å². The lowest BCUT2D eigenvalue weighted by Gasteiger charge is -2.14. The lowest BCUT2D eigenvalue weighted by Crippen LogP contribution is -2.23. The summed E-state index contributed by atoms with van der Waals surface area (Å²) in [5.41, 5.74) is 2.61. The lowest BCUT2D eigenvalue weighted by molar-refractivity contribution is -0.115. The summed E-state index contributed by atoms with van der Waals surface area (Å²) in [6.07, 6.45) is 1.99. The summed E-state index contributed by atoms with van der Waals surface area (Å²) in [5.74, 6) is -0.0603. The molecule has 8 heteroatoms. The zero-order chi connectivity index (χ0) is 20.1. The van der Waals surface area contributed by atoms with E-state index in [0.29, 0.717) is 18.2 Å². The van der Waals surface area contributed by atoms with Gasteiger partial charge in [-0.1, -0.05) is 35.5 Å². The normalized spacial score (nSPS) is 12.3. The fraction of sp³-hybridized carbons (Fsp3) is 0.300. The molecule has 1 N–H and O–H groups in total. The highest BCUT2D eigenvalue weighted by molar-refractivity contribution is 8.00. The number of ether oxygens (including phenoxy) is 1. The maximum absolute atomic E-state index is 12.8. The van der Waals surface area contributed by atoms with Crippen molar-refractivity contribution in [2.45, 2.75) is 28.8 Å². The van der Waals surface area contributed by atoms with Gasteiger partial charge < -0.3 is 14.6 Å². The Morgan fingerprint density at radius 1 is 1.32 bits per heavy atom. The van der Waals surface area contributed by atoms with Gasteiger partial charge in [-0.3, -0.25) is 4.79 Å². The Morgan fingerprint density at radius 2 is 2.11 bits per heavy atom. The molecule has 28 heavy (non-hydrogen) atoms. The third-order valence-electron chi connectivity index (χ3n) is 4.21. The first kappa shape index (κ1) is 21.0. The number of carbonyl (C=O) groups is 1. The molecule has 0 spiro atoms. The van der Waals surface area contributed by atoms with Crippen LogP contribution in [0.2, 0.25) is 5.02 Å². The van der Waals surface area contributed by atoms with Gasteiger partial charge in [0.05, 0.1) is 28.6 Å². The van der Waals surface area contributed by atoms with E-state index in [4.69, 9.17) is 21.3 Å². The van der Waals surface area contributed by atoms with Crippen molar-refractivity contribution < 1.29 is 9.53 Å². The zero-order valence-corrected chi connectivity index (χ0v) is 18.3. The van der Waals surface area contributed by atoms with E-state index >= 15 is 0 Å². The summed E-state index contributed by atoms with van der Waals surface area (Å²) in [4.78, 5) is 18.5. The van der Waals surface area contributed by atoms with Gasteiger partial charge in [0.1, 0.15) is 0 Å². The average molecular weight is 436 g/mol. The van der Waals surface area contributed by atoms with Gasteiger partial charge in [-0.25, -0.2) is 4.98 Å². The number of methoxy groups -OCH3 is 1. The number of rotatable bonds is 8. The van der Waals surface area contributed by atoms with E-state index in [1.807, 2.05) is 55.6 Å². The van der Waals surface area contributed by atoms with Crippen molar-refractivity contribution in [3.63, 3.8) is 0 Å². The average Bonchev–Trinajstić information content (AvgIpc) is 3.02. The van der Waals surface area contributed by atoms with Gasteiger partial charge >= 0.3 is 0 Å². The van der Waals surface area contributed by atoms with Crippen molar-refractivity contribution in [2.24, 2.45) is 0 Å². The largest absolute Gasteiger partial charge is 0.383 e. The van der Waals surface area contributed by atoms with Crippen LogP contribution in [0.5, 0.6) is 0 Å². The zero-order valence-electron chi connectivity index (χ0n) is 15.9. The first-order chi connectivity index (χ1) is 13.5. The third-order valence-corrected chi connectivity index (χ3v) is 6.33. The molecule has 1 aromatic heterocycles. The number of amides is 1. The van der Waals surface area contributed by atoms with Crippen LogP contribution in [-0.4, -0.2) is 40.7 Å². The van der Waals surface area contributed by atoms with Crippen LogP contribution in [0.3, 0.4) is 0 Å². The van der Waals surface area contributed by atoms with E-state index in [9.17, 15) is 4.79 Å². The van der Waals surface area contributed by atoms with Crippen LogP contribution in [0.25, 0.3) is 11.0 Å². The lowest BCUT2D eigenvalue weighted by atomic mass is 10.3. The summed E-state index contributed by atoms with van der Waals surface area (Å²) in [7, 11) is 1.67. The van der Waals surface area contributed by atoms with Gasteiger partial charge in [0.2, 0.25) is 5.91 Å². The first-order valence-electron chi connectivity index (χ1n) is 8.78. The molecule has 1 heterocycles. The number of hydrogen-bond donors (Lipinski definition) is 1. The number of hydrogen-bond acceptors (Lipinski definition) is 5. The van der Waals surface area contributed by atoms with E-state index in [-0.39, 0.29) is 11.2 Å². The Morgan fingerprint density at radius 3 is 2.86 bits per heavy atom. The SMILES string of the molecule is COCCn1c(SC(C)C(=O)Nc2ccccc2SC)nc2cc(Cl)ccc21. The van der Waals surface area contributed by atoms with Gasteiger partial charge in [0, 0.05) is 23.6 Å². The highest BCUT2D eigenvalue weighted by Crippen LogP contribution is 2.30. The first-order valence-corrected chi connectivity index (χ1v) is 11.3. The monoisotopic (exact) mass is 435 g/mol. The van der Waals surface area contributed by atoms with Gasteiger partial charge in [-0.15, -0.1) is 11.8 Å². The van der Waals surface area contributed by atoms with Crippen LogP contribution in [0.4, 0.5) is 5.69 Å². The molecule has 3 rings (SSSR count). The Balaban J connectivity index is 1.81. The number of para-hydroxylation sites is 1.